The van der Waals surface area contributed by atoms with E-state index in [1.165, 1.54) is 11.1 Å². The SMILES string of the molecule is COc1cccc(-c2cc(C(=O)Nc3cnn(Cc4ccccc4C)c3)[nH]n2)c1. The van der Waals surface area contributed by atoms with Crippen LogP contribution in [0.1, 0.15) is 21.6 Å². The normalized spacial score (nSPS) is 10.7. The molecule has 7 nitrogen and oxygen atoms in total. The Morgan fingerprint density at radius 2 is 2.03 bits per heavy atom. The second-order valence-electron chi connectivity index (χ2n) is 6.71. The number of H-pyrrole nitrogens is 1. The molecule has 0 saturated carbocycles. The highest BCUT2D eigenvalue weighted by molar-refractivity contribution is 6.03. The van der Waals surface area contributed by atoms with Gasteiger partial charge in [0.15, 0.2) is 0 Å². The zero-order valence-electron chi connectivity index (χ0n) is 16.2. The molecule has 2 aromatic carbocycles. The van der Waals surface area contributed by atoms with E-state index in [2.05, 4.69) is 39.7 Å². The van der Waals surface area contributed by atoms with E-state index in [1.807, 2.05) is 42.6 Å². The number of hydrogen-bond donors (Lipinski definition) is 2. The van der Waals surface area contributed by atoms with E-state index in [0.29, 0.717) is 23.6 Å². The maximum absolute atomic E-state index is 12.6. The number of rotatable bonds is 6. The van der Waals surface area contributed by atoms with E-state index in [4.69, 9.17) is 4.74 Å². The van der Waals surface area contributed by atoms with Crippen molar-refractivity contribution in [3.05, 3.63) is 83.8 Å². The Bertz CT molecular complexity index is 1150. The maximum atomic E-state index is 12.6. The number of benzene rings is 2. The van der Waals surface area contributed by atoms with Crippen molar-refractivity contribution >= 4 is 11.6 Å². The molecule has 29 heavy (non-hydrogen) atoms. The van der Waals surface area contributed by atoms with Gasteiger partial charge < -0.3 is 10.1 Å². The van der Waals surface area contributed by atoms with Crippen LogP contribution in [0, 0.1) is 6.92 Å². The number of nitrogens with one attached hydrogen (secondary N) is 2. The summed E-state index contributed by atoms with van der Waals surface area (Å²) in [6, 6.07) is 17.4. The summed E-state index contributed by atoms with van der Waals surface area (Å²) < 4.78 is 7.03. The molecule has 0 aliphatic carbocycles. The number of nitrogens with zero attached hydrogens (tertiary/aromatic N) is 3. The van der Waals surface area contributed by atoms with E-state index >= 15 is 0 Å². The number of aromatic nitrogens is 4. The lowest BCUT2D eigenvalue weighted by atomic mass is 10.1. The number of carbonyl (C=O) groups excluding carboxylic acids is 1. The molecule has 0 radical (unpaired) electrons. The van der Waals surface area contributed by atoms with Crippen LogP contribution in [0.5, 0.6) is 5.75 Å². The van der Waals surface area contributed by atoms with Gasteiger partial charge in [-0.05, 0) is 36.2 Å². The van der Waals surface area contributed by atoms with Gasteiger partial charge in [0.05, 0.1) is 31.2 Å². The molecular weight excluding hydrogens is 366 g/mol. The van der Waals surface area contributed by atoms with Gasteiger partial charge >= 0.3 is 0 Å². The molecule has 0 bridgehead atoms. The van der Waals surface area contributed by atoms with Crippen LogP contribution in [0.2, 0.25) is 0 Å². The molecular formula is C22H21N5O2. The van der Waals surface area contributed by atoms with E-state index in [0.717, 1.165) is 11.3 Å². The molecule has 0 aliphatic heterocycles. The minimum Gasteiger partial charge on any atom is -0.497 e. The third-order valence-corrected chi connectivity index (χ3v) is 4.67. The Morgan fingerprint density at radius 1 is 1.17 bits per heavy atom. The van der Waals surface area contributed by atoms with E-state index < -0.39 is 0 Å². The molecule has 0 aliphatic rings. The van der Waals surface area contributed by atoms with Gasteiger partial charge in [-0.3, -0.25) is 14.6 Å². The van der Waals surface area contributed by atoms with Crippen LogP contribution in [0.15, 0.2) is 67.0 Å². The number of amides is 1. The van der Waals surface area contributed by atoms with Gasteiger partial charge in [-0.2, -0.15) is 10.2 Å². The molecule has 0 unspecified atom stereocenters. The standard InChI is InChI=1S/C22H21N5O2/c1-15-6-3-4-7-17(15)13-27-14-18(12-23-27)24-22(28)21-11-20(25-26-21)16-8-5-9-19(10-16)29-2/h3-12,14H,13H2,1-2H3,(H,24,28)(H,25,26). The third-order valence-electron chi connectivity index (χ3n) is 4.67. The van der Waals surface area contributed by atoms with Gasteiger partial charge in [0.1, 0.15) is 11.4 Å². The van der Waals surface area contributed by atoms with Crippen molar-refractivity contribution in [2.75, 3.05) is 12.4 Å². The van der Waals surface area contributed by atoms with Gasteiger partial charge in [-0.25, -0.2) is 0 Å². The van der Waals surface area contributed by atoms with Crippen LogP contribution < -0.4 is 10.1 Å². The first-order valence-electron chi connectivity index (χ1n) is 9.20. The zero-order chi connectivity index (χ0) is 20.2. The quantitative estimate of drug-likeness (QED) is 0.526. The number of carbonyl (C=O) groups is 1. The monoisotopic (exact) mass is 387 g/mol. The average molecular weight is 387 g/mol. The summed E-state index contributed by atoms with van der Waals surface area (Å²) in [6.07, 6.45) is 3.44. The molecule has 0 saturated heterocycles. The average Bonchev–Trinajstić information content (AvgIpc) is 3.40. The summed E-state index contributed by atoms with van der Waals surface area (Å²) >= 11 is 0. The molecule has 7 heteroatoms. The van der Waals surface area contributed by atoms with Crippen molar-refractivity contribution in [2.45, 2.75) is 13.5 Å². The first-order chi connectivity index (χ1) is 14.1. The molecule has 2 heterocycles. The fourth-order valence-corrected chi connectivity index (χ4v) is 3.04. The summed E-state index contributed by atoms with van der Waals surface area (Å²) in [5, 5.41) is 14.2. The Kier molecular flexibility index (Phi) is 5.11. The fraction of sp³-hybridized carbons (Fsp3) is 0.136. The van der Waals surface area contributed by atoms with Gasteiger partial charge in [0, 0.05) is 11.8 Å². The van der Waals surface area contributed by atoms with Crippen LogP contribution in [-0.2, 0) is 6.54 Å². The first-order valence-corrected chi connectivity index (χ1v) is 9.20. The molecule has 1 amide bonds. The van der Waals surface area contributed by atoms with Crippen molar-refractivity contribution in [1.29, 1.82) is 0 Å². The lowest BCUT2D eigenvalue weighted by Gasteiger charge is -2.05. The van der Waals surface area contributed by atoms with Crippen molar-refractivity contribution in [2.24, 2.45) is 0 Å². The summed E-state index contributed by atoms with van der Waals surface area (Å²) in [7, 11) is 1.61. The summed E-state index contributed by atoms with van der Waals surface area (Å²) in [5.74, 6) is 0.458. The highest BCUT2D eigenvalue weighted by Gasteiger charge is 2.13. The van der Waals surface area contributed by atoms with Crippen LogP contribution in [-0.4, -0.2) is 33.0 Å². The molecule has 2 aromatic heterocycles. The smallest absolute Gasteiger partial charge is 0.273 e. The van der Waals surface area contributed by atoms with Crippen LogP contribution in [0.4, 0.5) is 5.69 Å². The van der Waals surface area contributed by atoms with E-state index in [9.17, 15) is 4.79 Å². The third kappa shape index (κ3) is 4.19. The molecule has 0 fully saturated rings. The topological polar surface area (TPSA) is 84.8 Å². The lowest BCUT2D eigenvalue weighted by molar-refractivity contribution is 0.102. The summed E-state index contributed by atoms with van der Waals surface area (Å²) in [5.41, 5.74) is 4.92. The predicted octanol–water partition coefficient (Wildman–Crippen LogP) is 3.89. The molecule has 0 spiro atoms. The van der Waals surface area contributed by atoms with Crippen LogP contribution in [0.25, 0.3) is 11.3 Å². The molecule has 0 atom stereocenters. The van der Waals surface area contributed by atoms with E-state index in [-0.39, 0.29) is 5.91 Å². The highest BCUT2D eigenvalue weighted by atomic mass is 16.5. The van der Waals surface area contributed by atoms with Crippen LogP contribution in [0.3, 0.4) is 0 Å². The lowest BCUT2D eigenvalue weighted by Crippen LogP contribution is -2.11. The van der Waals surface area contributed by atoms with Crippen molar-refractivity contribution < 1.29 is 9.53 Å². The zero-order valence-corrected chi connectivity index (χ0v) is 16.2. The van der Waals surface area contributed by atoms with Crippen molar-refractivity contribution in [3.8, 4) is 17.0 Å². The maximum Gasteiger partial charge on any atom is 0.273 e. The van der Waals surface area contributed by atoms with E-state index in [1.54, 1.807) is 24.1 Å². The number of ether oxygens (including phenoxy) is 1. The Balaban J connectivity index is 1.44. The number of anilines is 1. The molecule has 4 aromatic rings. The van der Waals surface area contributed by atoms with Crippen molar-refractivity contribution in [3.63, 3.8) is 0 Å². The number of aryl methyl sites for hydroxylation is 1. The molecule has 146 valence electrons. The number of aromatic amines is 1. The van der Waals surface area contributed by atoms with Gasteiger partial charge in [-0.1, -0.05) is 36.4 Å². The van der Waals surface area contributed by atoms with Gasteiger partial charge in [0.2, 0.25) is 0 Å². The summed E-state index contributed by atoms with van der Waals surface area (Å²) in [6.45, 7) is 2.71. The summed E-state index contributed by atoms with van der Waals surface area (Å²) in [4.78, 5) is 12.6. The Morgan fingerprint density at radius 3 is 2.86 bits per heavy atom. The Labute approximate surface area is 168 Å². The highest BCUT2D eigenvalue weighted by Crippen LogP contribution is 2.23. The fourth-order valence-electron chi connectivity index (χ4n) is 3.04. The van der Waals surface area contributed by atoms with Gasteiger partial charge in [-0.15, -0.1) is 0 Å². The second kappa shape index (κ2) is 8.02. The largest absolute Gasteiger partial charge is 0.497 e. The molecule has 2 N–H and O–H groups in total. The molecule has 4 rings (SSSR count). The number of methoxy groups -OCH3 is 1. The first kappa shape index (κ1) is 18.5. The second-order valence-corrected chi connectivity index (χ2v) is 6.71. The Hall–Kier alpha value is -3.87. The minimum absolute atomic E-state index is 0.276. The number of hydrogen-bond acceptors (Lipinski definition) is 4. The van der Waals surface area contributed by atoms with Crippen molar-refractivity contribution in [1.82, 2.24) is 20.0 Å². The van der Waals surface area contributed by atoms with Crippen LogP contribution >= 0.6 is 0 Å². The minimum atomic E-state index is -0.276. The van der Waals surface area contributed by atoms with Gasteiger partial charge in [0.25, 0.3) is 5.91 Å². The predicted molar refractivity (Wildman–Crippen MR) is 111 cm³/mol.